The number of hydrogen-bond acceptors (Lipinski definition) is 4. The van der Waals surface area contributed by atoms with Crippen molar-refractivity contribution in [3.63, 3.8) is 0 Å². The first-order chi connectivity index (χ1) is 8.15. The molecular weight excluding hydrogens is 240 g/mol. The van der Waals surface area contributed by atoms with Gasteiger partial charge in [-0.15, -0.1) is 0 Å². The molecule has 0 aliphatic heterocycles. The van der Waals surface area contributed by atoms with Gasteiger partial charge >= 0.3 is 0 Å². The topological polar surface area (TPSA) is 80.9 Å². The molecule has 3 N–H and O–H groups in total. The highest BCUT2D eigenvalue weighted by atomic mass is 35.5. The Morgan fingerprint density at radius 3 is 2.88 bits per heavy atom. The molecule has 0 radical (unpaired) electrons. The van der Waals surface area contributed by atoms with Crippen molar-refractivity contribution in [1.29, 1.82) is 0 Å². The van der Waals surface area contributed by atoms with Crippen LogP contribution >= 0.6 is 11.6 Å². The first-order valence-electron chi connectivity index (χ1n) is 4.79. The van der Waals surface area contributed by atoms with Crippen LogP contribution < -0.4 is 11.1 Å². The highest BCUT2D eigenvalue weighted by Gasteiger charge is 2.08. The largest absolute Gasteiger partial charge is 0.384 e. The van der Waals surface area contributed by atoms with Crippen molar-refractivity contribution in [1.82, 2.24) is 9.97 Å². The van der Waals surface area contributed by atoms with Gasteiger partial charge in [0.05, 0.1) is 11.9 Å². The predicted octanol–water partition coefficient (Wildman–Crippen LogP) is 1.96. The van der Waals surface area contributed by atoms with E-state index in [2.05, 4.69) is 15.3 Å². The molecule has 0 aromatic carbocycles. The third-order valence-electron chi connectivity index (χ3n) is 2.00. The Balaban J connectivity index is 2.20. The van der Waals surface area contributed by atoms with E-state index in [0.29, 0.717) is 11.3 Å². The summed E-state index contributed by atoms with van der Waals surface area (Å²) in [7, 11) is 0. The molecular formula is C11H9ClN4O. The lowest BCUT2D eigenvalue weighted by Crippen LogP contribution is -2.12. The maximum atomic E-state index is 11.8. The van der Waals surface area contributed by atoms with Gasteiger partial charge in [-0.05, 0) is 24.3 Å². The van der Waals surface area contributed by atoms with Gasteiger partial charge in [0.15, 0.2) is 0 Å². The smallest absolute Gasteiger partial charge is 0.255 e. The number of amides is 1. The Hall–Kier alpha value is -2.14. The van der Waals surface area contributed by atoms with E-state index in [1.54, 1.807) is 24.5 Å². The molecule has 0 bridgehead atoms. The van der Waals surface area contributed by atoms with Crippen molar-refractivity contribution in [3.05, 3.63) is 47.4 Å². The van der Waals surface area contributed by atoms with Crippen molar-refractivity contribution in [2.45, 2.75) is 0 Å². The molecule has 0 spiro atoms. The second-order valence-electron chi connectivity index (χ2n) is 3.30. The molecule has 0 atom stereocenters. The molecule has 2 heterocycles. The van der Waals surface area contributed by atoms with Crippen molar-refractivity contribution in [3.8, 4) is 0 Å². The molecule has 0 saturated carbocycles. The molecule has 17 heavy (non-hydrogen) atoms. The van der Waals surface area contributed by atoms with Crippen LogP contribution in [0.15, 0.2) is 36.7 Å². The molecule has 6 heteroatoms. The second-order valence-corrected chi connectivity index (χ2v) is 3.69. The summed E-state index contributed by atoms with van der Waals surface area (Å²) in [5.74, 6) is -0.108. The number of nitrogens with one attached hydrogen (secondary N) is 1. The molecule has 0 aliphatic rings. The summed E-state index contributed by atoms with van der Waals surface area (Å²) in [5.41, 5.74) is 6.46. The van der Waals surface area contributed by atoms with Gasteiger partial charge in [0.25, 0.3) is 5.91 Å². The van der Waals surface area contributed by atoms with Crippen molar-refractivity contribution in [2.75, 3.05) is 11.1 Å². The SMILES string of the molecule is Nc1cc(C(=O)Nc2cccnc2)cc(Cl)n1. The van der Waals surface area contributed by atoms with E-state index in [1.165, 1.54) is 12.1 Å². The van der Waals surface area contributed by atoms with E-state index in [4.69, 9.17) is 17.3 Å². The quantitative estimate of drug-likeness (QED) is 0.796. The fourth-order valence-electron chi connectivity index (χ4n) is 1.29. The molecule has 2 rings (SSSR count). The zero-order valence-electron chi connectivity index (χ0n) is 8.72. The first kappa shape index (κ1) is 11.3. The van der Waals surface area contributed by atoms with E-state index in [9.17, 15) is 4.79 Å². The van der Waals surface area contributed by atoms with Gasteiger partial charge in [-0.2, -0.15) is 0 Å². The summed E-state index contributed by atoms with van der Waals surface area (Å²) in [4.78, 5) is 19.5. The number of anilines is 2. The van der Waals surface area contributed by atoms with Gasteiger partial charge in [0.2, 0.25) is 0 Å². The Labute approximate surface area is 103 Å². The van der Waals surface area contributed by atoms with E-state index < -0.39 is 0 Å². The van der Waals surface area contributed by atoms with Gasteiger partial charge in [-0.25, -0.2) is 4.98 Å². The number of carbonyl (C=O) groups is 1. The predicted molar refractivity (Wildman–Crippen MR) is 65.8 cm³/mol. The first-order valence-corrected chi connectivity index (χ1v) is 5.17. The van der Waals surface area contributed by atoms with Crippen molar-refractivity contribution in [2.24, 2.45) is 0 Å². The number of rotatable bonds is 2. The number of nitrogens with zero attached hydrogens (tertiary/aromatic N) is 2. The van der Waals surface area contributed by atoms with Crippen molar-refractivity contribution < 1.29 is 4.79 Å². The lowest BCUT2D eigenvalue weighted by Gasteiger charge is -2.05. The van der Waals surface area contributed by atoms with Crippen molar-refractivity contribution >= 4 is 29.0 Å². The van der Waals surface area contributed by atoms with Gasteiger partial charge < -0.3 is 11.1 Å². The number of nitrogen functional groups attached to an aromatic ring is 1. The molecule has 2 aromatic rings. The van der Waals surface area contributed by atoms with E-state index >= 15 is 0 Å². The van der Waals surface area contributed by atoms with Crippen LogP contribution in [-0.4, -0.2) is 15.9 Å². The van der Waals surface area contributed by atoms with Gasteiger partial charge in [0.1, 0.15) is 11.0 Å². The minimum absolute atomic E-state index is 0.182. The van der Waals surface area contributed by atoms with Crippen LogP contribution in [0.4, 0.5) is 11.5 Å². The van der Waals surface area contributed by atoms with Crippen LogP contribution in [0.2, 0.25) is 5.15 Å². The van der Waals surface area contributed by atoms with Crippen LogP contribution in [0.1, 0.15) is 10.4 Å². The van der Waals surface area contributed by atoms with Crippen LogP contribution in [-0.2, 0) is 0 Å². The number of pyridine rings is 2. The Kier molecular flexibility index (Phi) is 3.20. The summed E-state index contributed by atoms with van der Waals surface area (Å²) in [6.45, 7) is 0. The fourth-order valence-corrected chi connectivity index (χ4v) is 1.50. The molecule has 0 unspecified atom stereocenters. The molecule has 5 nitrogen and oxygen atoms in total. The van der Waals surface area contributed by atoms with Gasteiger partial charge in [0, 0.05) is 11.8 Å². The van der Waals surface area contributed by atoms with Gasteiger partial charge in [-0.3, -0.25) is 9.78 Å². The number of hydrogen-bond donors (Lipinski definition) is 2. The summed E-state index contributed by atoms with van der Waals surface area (Å²) in [5, 5.41) is 2.85. The minimum atomic E-state index is -0.311. The molecule has 86 valence electrons. The second kappa shape index (κ2) is 4.80. The molecule has 0 saturated heterocycles. The Morgan fingerprint density at radius 2 is 2.24 bits per heavy atom. The Morgan fingerprint density at radius 1 is 1.41 bits per heavy atom. The summed E-state index contributed by atoms with van der Waals surface area (Å²) < 4.78 is 0. The van der Waals surface area contributed by atoms with Crippen LogP contribution in [0.5, 0.6) is 0 Å². The summed E-state index contributed by atoms with van der Waals surface area (Å²) >= 11 is 5.71. The maximum Gasteiger partial charge on any atom is 0.255 e. The van der Waals surface area contributed by atoms with E-state index in [1.807, 2.05) is 0 Å². The van der Waals surface area contributed by atoms with E-state index in [-0.39, 0.29) is 16.9 Å². The third-order valence-corrected chi connectivity index (χ3v) is 2.19. The Bertz CT molecular complexity index is 524. The summed E-state index contributed by atoms with van der Waals surface area (Å²) in [6, 6.07) is 6.36. The van der Waals surface area contributed by atoms with Crippen LogP contribution in [0.3, 0.4) is 0 Å². The van der Waals surface area contributed by atoms with Gasteiger partial charge in [-0.1, -0.05) is 11.6 Å². The van der Waals surface area contributed by atoms with Crippen LogP contribution in [0, 0.1) is 0 Å². The monoisotopic (exact) mass is 248 g/mol. The standard InChI is InChI=1S/C11H9ClN4O/c12-9-4-7(5-10(13)16-9)11(17)15-8-2-1-3-14-6-8/h1-6H,(H2,13,16)(H,15,17). The lowest BCUT2D eigenvalue weighted by molar-refractivity contribution is 0.102. The average molecular weight is 249 g/mol. The lowest BCUT2D eigenvalue weighted by atomic mass is 10.2. The van der Waals surface area contributed by atoms with Crippen LogP contribution in [0.25, 0.3) is 0 Å². The average Bonchev–Trinajstić information content (AvgIpc) is 2.29. The highest BCUT2D eigenvalue weighted by molar-refractivity contribution is 6.30. The molecule has 1 amide bonds. The fraction of sp³-hybridized carbons (Fsp3) is 0. The number of aromatic nitrogens is 2. The normalized spacial score (nSPS) is 9.94. The summed E-state index contributed by atoms with van der Waals surface area (Å²) in [6.07, 6.45) is 3.17. The zero-order chi connectivity index (χ0) is 12.3. The molecule has 0 aliphatic carbocycles. The number of carbonyl (C=O) groups excluding carboxylic acids is 1. The number of halogens is 1. The molecule has 2 aromatic heterocycles. The minimum Gasteiger partial charge on any atom is -0.384 e. The third kappa shape index (κ3) is 2.92. The maximum absolute atomic E-state index is 11.8. The highest BCUT2D eigenvalue weighted by Crippen LogP contribution is 2.14. The number of nitrogens with two attached hydrogens (primary N) is 1. The zero-order valence-corrected chi connectivity index (χ0v) is 9.48. The molecule has 0 fully saturated rings. The van der Waals surface area contributed by atoms with E-state index in [0.717, 1.165) is 0 Å².